The van der Waals surface area contributed by atoms with Crippen LogP contribution in [0, 0.1) is 6.92 Å². The van der Waals surface area contributed by atoms with Gasteiger partial charge in [-0.1, -0.05) is 23.7 Å². The Bertz CT molecular complexity index is 649. The Hall–Kier alpha value is -2.07. The highest BCUT2D eigenvalue weighted by Gasteiger charge is 2.14. The van der Waals surface area contributed by atoms with Crippen LogP contribution in [0.4, 0.5) is 5.69 Å². The van der Waals surface area contributed by atoms with Crippen LogP contribution in [0.2, 0.25) is 5.02 Å². The van der Waals surface area contributed by atoms with Crippen LogP contribution in [0.1, 0.15) is 15.9 Å². The monoisotopic (exact) mass is 262 g/mol. The summed E-state index contributed by atoms with van der Waals surface area (Å²) in [4.78, 5) is 26.1. The molecule has 0 aliphatic carbocycles. The highest BCUT2D eigenvalue weighted by molar-refractivity contribution is 6.33. The Morgan fingerprint density at radius 3 is 2.67 bits per heavy atom. The van der Waals surface area contributed by atoms with E-state index in [1.54, 1.807) is 37.3 Å². The molecule has 0 fully saturated rings. The third-order valence-electron chi connectivity index (χ3n) is 2.52. The summed E-state index contributed by atoms with van der Waals surface area (Å²) in [5.41, 5.74) is 0.770. The molecule has 0 saturated heterocycles. The molecule has 4 nitrogen and oxygen atoms in total. The first-order valence-corrected chi connectivity index (χ1v) is 5.71. The predicted octanol–water partition coefficient (Wildman–Crippen LogP) is 2.59. The average Bonchev–Trinajstić information content (AvgIpc) is 2.32. The van der Waals surface area contributed by atoms with E-state index in [2.05, 4.69) is 10.3 Å². The molecule has 1 heterocycles. The number of hydrogen-bond donors (Lipinski definition) is 2. The van der Waals surface area contributed by atoms with Gasteiger partial charge in [0, 0.05) is 6.20 Å². The Kier molecular flexibility index (Phi) is 3.48. The second-order valence-corrected chi connectivity index (χ2v) is 4.21. The molecule has 0 atom stereocenters. The Labute approximate surface area is 109 Å². The van der Waals surface area contributed by atoms with Crippen molar-refractivity contribution in [2.75, 3.05) is 5.32 Å². The molecule has 0 aliphatic heterocycles. The van der Waals surface area contributed by atoms with Crippen LogP contribution in [-0.4, -0.2) is 10.9 Å². The van der Waals surface area contributed by atoms with Crippen LogP contribution in [0.5, 0.6) is 0 Å². The van der Waals surface area contributed by atoms with Crippen molar-refractivity contribution >= 4 is 23.2 Å². The number of pyridine rings is 1. The van der Waals surface area contributed by atoms with Gasteiger partial charge in [0.05, 0.1) is 10.7 Å². The number of carbonyl (C=O) groups excluding carboxylic acids is 1. The third kappa shape index (κ3) is 2.43. The number of hydrogen-bond acceptors (Lipinski definition) is 2. The zero-order valence-corrected chi connectivity index (χ0v) is 10.4. The summed E-state index contributed by atoms with van der Waals surface area (Å²) < 4.78 is 0. The van der Waals surface area contributed by atoms with E-state index in [0.717, 1.165) is 0 Å². The van der Waals surface area contributed by atoms with E-state index in [4.69, 9.17) is 11.6 Å². The molecule has 92 valence electrons. The zero-order valence-electron chi connectivity index (χ0n) is 9.66. The number of H-pyrrole nitrogens is 1. The first-order valence-electron chi connectivity index (χ1n) is 5.34. The number of rotatable bonds is 2. The van der Waals surface area contributed by atoms with Crippen molar-refractivity contribution in [1.82, 2.24) is 4.98 Å². The number of aromatic amines is 1. The van der Waals surface area contributed by atoms with Crippen molar-refractivity contribution < 1.29 is 4.79 Å². The van der Waals surface area contributed by atoms with E-state index in [0.29, 0.717) is 16.3 Å². The van der Waals surface area contributed by atoms with Crippen LogP contribution in [0.15, 0.2) is 41.3 Å². The maximum atomic E-state index is 12.0. The number of anilines is 1. The first kappa shape index (κ1) is 12.4. The molecule has 0 aliphatic rings. The third-order valence-corrected chi connectivity index (χ3v) is 2.85. The Morgan fingerprint density at radius 1 is 1.28 bits per heavy atom. The zero-order chi connectivity index (χ0) is 13.1. The van der Waals surface area contributed by atoms with Crippen LogP contribution in [0.25, 0.3) is 0 Å². The molecule has 18 heavy (non-hydrogen) atoms. The maximum absolute atomic E-state index is 12.0. The standard InChI is InChI=1S/C13H11ClN2O2/c1-8-6-7-15-12(17)11(8)13(18)16-10-5-3-2-4-9(10)14/h2-7H,1H3,(H,15,17)(H,16,18). The molecule has 0 unspecified atom stereocenters. The van der Waals surface area contributed by atoms with E-state index in [1.807, 2.05) is 0 Å². The minimum absolute atomic E-state index is 0.0948. The summed E-state index contributed by atoms with van der Waals surface area (Å²) in [5, 5.41) is 3.04. The number of benzene rings is 1. The van der Waals surface area contributed by atoms with Crippen molar-refractivity contribution in [3.63, 3.8) is 0 Å². The summed E-state index contributed by atoms with van der Waals surface area (Å²) in [6.07, 6.45) is 1.50. The fourth-order valence-corrected chi connectivity index (χ4v) is 1.79. The number of para-hydroxylation sites is 1. The number of halogens is 1. The largest absolute Gasteiger partial charge is 0.328 e. The van der Waals surface area contributed by atoms with Crippen LogP contribution < -0.4 is 10.9 Å². The van der Waals surface area contributed by atoms with Gasteiger partial charge in [-0.05, 0) is 30.7 Å². The number of amides is 1. The molecule has 0 spiro atoms. The molecule has 2 N–H and O–H groups in total. The smallest absolute Gasteiger partial charge is 0.261 e. The second-order valence-electron chi connectivity index (χ2n) is 3.80. The summed E-state index contributed by atoms with van der Waals surface area (Å²) in [6.45, 7) is 1.71. The van der Waals surface area contributed by atoms with Crippen LogP contribution in [-0.2, 0) is 0 Å². The first-order chi connectivity index (χ1) is 8.59. The van der Waals surface area contributed by atoms with E-state index >= 15 is 0 Å². The predicted molar refractivity (Wildman–Crippen MR) is 71.2 cm³/mol. The minimum atomic E-state index is -0.470. The van der Waals surface area contributed by atoms with E-state index < -0.39 is 11.5 Å². The highest BCUT2D eigenvalue weighted by atomic mass is 35.5. The normalized spacial score (nSPS) is 10.1. The maximum Gasteiger partial charge on any atom is 0.261 e. The van der Waals surface area contributed by atoms with Gasteiger partial charge in [-0.15, -0.1) is 0 Å². The molecule has 1 aromatic carbocycles. The lowest BCUT2D eigenvalue weighted by Gasteiger charge is -2.07. The number of aryl methyl sites for hydroxylation is 1. The summed E-state index contributed by atoms with van der Waals surface area (Å²) >= 11 is 5.93. The highest BCUT2D eigenvalue weighted by Crippen LogP contribution is 2.21. The van der Waals surface area contributed by atoms with Crippen LogP contribution in [0.3, 0.4) is 0 Å². The van der Waals surface area contributed by atoms with Crippen molar-refractivity contribution in [3.05, 3.63) is 63.0 Å². The fraction of sp³-hybridized carbons (Fsp3) is 0.0769. The van der Waals surface area contributed by atoms with Crippen molar-refractivity contribution in [2.45, 2.75) is 6.92 Å². The van der Waals surface area contributed by atoms with Crippen molar-refractivity contribution in [2.24, 2.45) is 0 Å². The molecular formula is C13H11ClN2O2. The fourth-order valence-electron chi connectivity index (χ4n) is 1.61. The van der Waals surface area contributed by atoms with Gasteiger partial charge in [0.25, 0.3) is 11.5 Å². The molecule has 2 rings (SSSR count). The minimum Gasteiger partial charge on any atom is -0.328 e. The van der Waals surface area contributed by atoms with E-state index in [-0.39, 0.29) is 5.56 Å². The van der Waals surface area contributed by atoms with Crippen molar-refractivity contribution in [1.29, 1.82) is 0 Å². The van der Waals surface area contributed by atoms with Gasteiger partial charge in [-0.3, -0.25) is 9.59 Å². The van der Waals surface area contributed by atoms with Gasteiger partial charge in [-0.25, -0.2) is 0 Å². The molecule has 1 amide bonds. The summed E-state index contributed by atoms with van der Waals surface area (Å²) in [6, 6.07) is 8.52. The molecule has 0 saturated carbocycles. The average molecular weight is 263 g/mol. The number of nitrogens with one attached hydrogen (secondary N) is 2. The van der Waals surface area contributed by atoms with Gasteiger partial charge in [-0.2, -0.15) is 0 Å². The van der Waals surface area contributed by atoms with Gasteiger partial charge < -0.3 is 10.3 Å². The molecular weight excluding hydrogens is 252 g/mol. The van der Waals surface area contributed by atoms with Gasteiger partial charge in [0.15, 0.2) is 0 Å². The Balaban J connectivity index is 2.34. The Morgan fingerprint density at radius 2 is 2.00 bits per heavy atom. The number of aromatic nitrogens is 1. The van der Waals surface area contributed by atoms with Gasteiger partial charge >= 0.3 is 0 Å². The van der Waals surface area contributed by atoms with E-state index in [1.165, 1.54) is 6.20 Å². The summed E-state index contributed by atoms with van der Waals surface area (Å²) in [7, 11) is 0. The number of carbonyl (C=O) groups is 1. The molecule has 0 radical (unpaired) electrons. The molecule has 5 heteroatoms. The lowest BCUT2D eigenvalue weighted by atomic mass is 10.1. The second kappa shape index (κ2) is 5.06. The quantitative estimate of drug-likeness (QED) is 0.874. The lowest BCUT2D eigenvalue weighted by Crippen LogP contribution is -2.24. The van der Waals surface area contributed by atoms with Crippen LogP contribution >= 0.6 is 11.6 Å². The molecule has 0 bridgehead atoms. The lowest BCUT2D eigenvalue weighted by molar-refractivity contribution is 0.102. The van der Waals surface area contributed by atoms with Gasteiger partial charge in [0.2, 0.25) is 0 Å². The summed E-state index contributed by atoms with van der Waals surface area (Å²) in [5.74, 6) is -0.470. The SMILES string of the molecule is Cc1cc[nH]c(=O)c1C(=O)Nc1ccccc1Cl. The molecule has 1 aromatic heterocycles. The topological polar surface area (TPSA) is 62.0 Å². The van der Waals surface area contributed by atoms with E-state index in [9.17, 15) is 9.59 Å². The van der Waals surface area contributed by atoms with Crippen molar-refractivity contribution in [3.8, 4) is 0 Å². The van der Waals surface area contributed by atoms with Gasteiger partial charge in [0.1, 0.15) is 5.56 Å². The molecule has 2 aromatic rings.